The van der Waals surface area contributed by atoms with Crippen molar-refractivity contribution in [1.82, 2.24) is 4.72 Å². The van der Waals surface area contributed by atoms with Crippen molar-refractivity contribution in [2.24, 2.45) is 16.7 Å². The predicted molar refractivity (Wildman–Crippen MR) is 101 cm³/mol. The van der Waals surface area contributed by atoms with E-state index in [1.54, 1.807) is 7.11 Å². The SMILES string of the molecule is CO[C@H](CNS(=O)(=O)C[C@]12CC[C@H](CC1=O)C2(C)C)c1ccccc1C. The molecule has 2 aliphatic rings. The van der Waals surface area contributed by atoms with Crippen molar-refractivity contribution in [1.29, 1.82) is 0 Å². The maximum absolute atomic E-state index is 12.8. The maximum Gasteiger partial charge on any atom is 0.212 e. The molecular formula is C20H29NO4S. The second-order valence-corrected chi connectivity index (χ2v) is 10.2. The van der Waals surface area contributed by atoms with Gasteiger partial charge in [-0.15, -0.1) is 0 Å². The van der Waals surface area contributed by atoms with Gasteiger partial charge in [0.05, 0.1) is 11.9 Å². The van der Waals surface area contributed by atoms with Crippen LogP contribution in [0.1, 0.15) is 50.3 Å². The van der Waals surface area contributed by atoms with Crippen molar-refractivity contribution in [3.05, 3.63) is 35.4 Å². The van der Waals surface area contributed by atoms with Crippen LogP contribution < -0.4 is 4.72 Å². The normalized spacial score (nSPS) is 28.5. The molecule has 0 spiro atoms. The smallest absolute Gasteiger partial charge is 0.212 e. The molecule has 0 saturated heterocycles. The fraction of sp³-hybridized carbons (Fsp3) is 0.650. The van der Waals surface area contributed by atoms with Gasteiger partial charge in [0.2, 0.25) is 10.0 Å². The summed E-state index contributed by atoms with van der Waals surface area (Å²) in [5.41, 5.74) is 1.03. The fourth-order valence-electron chi connectivity index (χ4n) is 4.95. The van der Waals surface area contributed by atoms with Gasteiger partial charge in [-0.1, -0.05) is 38.1 Å². The topological polar surface area (TPSA) is 72.5 Å². The summed E-state index contributed by atoms with van der Waals surface area (Å²) >= 11 is 0. The van der Waals surface area contributed by atoms with Crippen LogP contribution in [0.5, 0.6) is 0 Å². The summed E-state index contributed by atoms with van der Waals surface area (Å²) in [6.07, 6.45) is 1.78. The van der Waals surface area contributed by atoms with Gasteiger partial charge in [0.25, 0.3) is 0 Å². The molecule has 1 N–H and O–H groups in total. The Morgan fingerprint density at radius 2 is 2.00 bits per heavy atom. The second-order valence-electron chi connectivity index (χ2n) is 8.36. The quantitative estimate of drug-likeness (QED) is 0.790. The predicted octanol–water partition coefficient (Wildman–Crippen LogP) is 3.00. The lowest BCUT2D eigenvalue weighted by molar-refractivity contribution is -0.128. The van der Waals surface area contributed by atoms with E-state index in [4.69, 9.17) is 4.74 Å². The monoisotopic (exact) mass is 379 g/mol. The summed E-state index contributed by atoms with van der Waals surface area (Å²) in [5, 5.41) is 0. The number of rotatable bonds is 7. The average Bonchev–Trinajstić information content (AvgIpc) is 2.90. The largest absolute Gasteiger partial charge is 0.375 e. The van der Waals surface area contributed by atoms with E-state index in [2.05, 4.69) is 18.6 Å². The molecule has 2 fully saturated rings. The Morgan fingerprint density at radius 1 is 1.31 bits per heavy atom. The molecule has 0 heterocycles. The van der Waals surface area contributed by atoms with Crippen LogP contribution in [0.25, 0.3) is 0 Å². The maximum atomic E-state index is 12.8. The number of nitrogens with one attached hydrogen (secondary N) is 1. The first-order valence-corrected chi connectivity index (χ1v) is 10.9. The minimum absolute atomic E-state index is 0.117. The third-order valence-electron chi connectivity index (χ3n) is 6.88. The number of hydrogen-bond acceptors (Lipinski definition) is 4. The zero-order valence-corrected chi connectivity index (χ0v) is 16.9. The highest BCUT2D eigenvalue weighted by Gasteiger charge is 2.65. The number of sulfonamides is 1. The molecule has 3 atom stereocenters. The van der Waals surface area contributed by atoms with Crippen LogP contribution in [0.4, 0.5) is 0 Å². The zero-order chi connectivity index (χ0) is 19.2. The summed E-state index contributed by atoms with van der Waals surface area (Å²) in [6.45, 7) is 6.25. The minimum atomic E-state index is -3.59. The standard InChI is InChI=1S/C20H29NO4S/c1-14-7-5-6-8-16(14)17(25-4)12-21-26(23,24)13-20-10-9-15(11-18(20)22)19(20,2)3/h5-8,15,17,21H,9-13H2,1-4H3/t15-,17-,20-/m1/s1. The first kappa shape index (κ1) is 19.5. The van der Waals surface area contributed by atoms with Crippen molar-refractivity contribution >= 4 is 15.8 Å². The Bertz CT molecular complexity index is 802. The van der Waals surface area contributed by atoms with Crippen LogP contribution in [-0.4, -0.2) is 33.6 Å². The Morgan fingerprint density at radius 3 is 2.54 bits per heavy atom. The van der Waals surface area contributed by atoms with Gasteiger partial charge in [-0.2, -0.15) is 0 Å². The molecule has 6 heteroatoms. The Kier molecular flexibility index (Phi) is 5.05. The molecule has 2 saturated carbocycles. The molecule has 3 rings (SSSR count). The number of carbonyl (C=O) groups is 1. The molecule has 0 aromatic heterocycles. The number of fused-ring (bicyclic) bond motifs is 2. The van der Waals surface area contributed by atoms with E-state index in [0.717, 1.165) is 17.5 Å². The molecule has 2 bridgehead atoms. The fourth-order valence-corrected chi connectivity index (χ4v) is 6.79. The Hall–Kier alpha value is -1.24. The van der Waals surface area contributed by atoms with Crippen molar-refractivity contribution in [3.8, 4) is 0 Å². The number of carbonyl (C=O) groups excluding carboxylic acids is 1. The van der Waals surface area contributed by atoms with E-state index in [9.17, 15) is 13.2 Å². The molecule has 0 radical (unpaired) electrons. The average molecular weight is 380 g/mol. The van der Waals surface area contributed by atoms with Gasteiger partial charge in [0.15, 0.2) is 0 Å². The number of aryl methyl sites for hydroxylation is 1. The van der Waals surface area contributed by atoms with Crippen LogP contribution >= 0.6 is 0 Å². The highest BCUT2D eigenvalue weighted by Crippen LogP contribution is 2.64. The summed E-state index contributed by atoms with van der Waals surface area (Å²) in [4.78, 5) is 12.6. The number of ketones is 1. The molecule has 2 aliphatic carbocycles. The van der Waals surface area contributed by atoms with Crippen molar-refractivity contribution in [2.75, 3.05) is 19.4 Å². The highest BCUT2D eigenvalue weighted by atomic mass is 32.2. The van der Waals surface area contributed by atoms with Crippen molar-refractivity contribution in [3.63, 3.8) is 0 Å². The first-order chi connectivity index (χ1) is 12.1. The van der Waals surface area contributed by atoms with Crippen LogP contribution in [-0.2, 0) is 19.6 Å². The van der Waals surface area contributed by atoms with Crippen LogP contribution in [0.2, 0.25) is 0 Å². The van der Waals surface area contributed by atoms with Crippen LogP contribution in [0.3, 0.4) is 0 Å². The van der Waals surface area contributed by atoms with Gasteiger partial charge in [-0.05, 0) is 42.2 Å². The number of Topliss-reactive ketones (excluding diaryl/α,β-unsaturated/α-hetero) is 1. The molecule has 5 nitrogen and oxygen atoms in total. The molecule has 1 aromatic rings. The van der Waals surface area contributed by atoms with E-state index >= 15 is 0 Å². The van der Waals surface area contributed by atoms with Gasteiger partial charge in [0.1, 0.15) is 5.78 Å². The minimum Gasteiger partial charge on any atom is -0.375 e. The third kappa shape index (κ3) is 3.12. The second kappa shape index (κ2) is 6.73. The molecule has 0 amide bonds. The van der Waals surface area contributed by atoms with E-state index in [-0.39, 0.29) is 29.6 Å². The lowest BCUT2D eigenvalue weighted by Crippen LogP contribution is -2.46. The number of benzene rings is 1. The van der Waals surface area contributed by atoms with Gasteiger partial charge in [-0.3, -0.25) is 4.79 Å². The zero-order valence-electron chi connectivity index (χ0n) is 16.0. The third-order valence-corrected chi connectivity index (χ3v) is 8.36. The van der Waals surface area contributed by atoms with Crippen LogP contribution in [0, 0.1) is 23.7 Å². The van der Waals surface area contributed by atoms with Crippen molar-refractivity contribution in [2.45, 2.75) is 46.1 Å². The van der Waals surface area contributed by atoms with Crippen molar-refractivity contribution < 1.29 is 17.9 Å². The summed E-state index contributed by atoms with van der Waals surface area (Å²) in [5.74, 6) is 0.308. The first-order valence-electron chi connectivity index (χ1n) is 9.22. The Balaban J connectivity index is 1.74. The summed E-state index contributed by atoms with van der Waals surface area (Å²) in [6, 6.07) is 7.79. The Labute approximate surface area is 156 Å². The van der Waals surface area contributed by atoms with Gasteiger partial charge in [0, 0.05) is 25.5 Å². The van der Waals surface area contributed by atoms with E-state index in [1.165, 1.54) is 0 Å². The number of ether oxygens (including phenoxy) is 1. The molecule has 1 aromatic carbocycles. The summed E-state index contributed by atoms with van der Waals surface area (Å²) in [7, 11) is -2.01. The lowest BCUT2D eigenvalue weighted by Gasteiger charge is -2.36. The number of hydrogen-bond donors (Lipinski definition) is 1. The highest BCUT2D eigenvalue weighted by molar-refractivity contribution is 7.89. The summed E-state index contributed by atoms with van der Waals surface area (Å²) < 4.78 is 33.8. The molecule has 144 valence electrons. The number of methoxy groups -OCH3 is 1. The lowest BCUT2D eigenvalue weighted by atomic mass is 9.70. The molecule has 0 aliphatic heterocycles. The van der Waals surface area contributed by atoms with Gasteiger partial charge in [-0.25, -0.2) is 13.1 Å². The molecular weight excluding hydrogens is 350 g/mol. The van der Waals surface area contributed by atoms with E-state index in [0.29, 0.717) is 18.8 Å². The molecule has 0 unspecified atom stereocenters. The van der Waals surface area contributed by atoms with Gasteiger partial charge < -0.3 is 4.74 Å². The molecule has 26 heavy (non-hydrogen) atoms. The van der Waals surface area contributed by atoms with E-state index in [1.807, 2.05) is 31.2 Å². The van der Waals surface area contributed by atoms with Gasteiger partial charge >= 0.3 is 0 Å². The van der Waals surface area contributed by atoms with Crippen LogP contribution in [0.15, 0.2) is 24.3 Å². The van der Waals surface area contributed by atoms with E-state index < -0.39 is 15.4 Å².